The highest BCUT2D eigenvalue weighted by molar-refractivity contribution is 5.79. The normalized spacial score (nSPS) is 17.1. The van der Waals surface area contributed by atoms with E-state index >= 15 is 0 Å². The van der Waals surface area contributed by atoms with Crippen molar-refractivity contribution in [1.29, 1.82) is 0 Å². The van der Waals surface area contributed by atoms with Crippen molar-refractivity contribution in [3.05, 3.63) is 11.6 Å². The smallest absolute Gasteiger partial charge is 0.191 e. The maximum atomic E-state index is 5.53. The van der Waals surface area contributed by atoms with Crippen molar-refractivity contribution in [2.75, 3.05) is 39.4 Å². The summed E-state index contributed by atoms with van der Waals surface area (Å²) in [7, 11) is 1.98. The number of guanidine groups is 1. The second-order valence-corrected chi connectivity index (χ2v) is 7.98. The minimum Gasteiger partial charge on any atom is -0.379 e. The van der Waals surface area contributed by atoms with E-state index in [9.17, 15) is 0 Å². The molecule has 2 rings (SSSR count). The van der Waals surface area contributed by atoms with Gasteiger partial charge in [-0.05, 0) is 25.7 Å². The largest absolute Gasteiger partial charge is 0.379 e. The van der Waals surface area contributed by atoms with Gasteiger partial charge in [-0.25, -0.2) is 4.99 Å². The van der Waals surface area contributed by atoms with Crippen molar-refractivity contribution in [2.24, 2.45) is 18.0 Å². The van der Waals surface area contributed by atoms with Gasteiger partial charge in [0.15, 0.2) is 11.8 Å². The van der Waals surface area contributed by atoms with E-state index in [0.29, 0.717) is 18.5 Å². The molecule has 2 heterocycles. The highest BCUT2D eigenvalue weighted by Gasteiger charge is 2.22. The molecule has 2 N–H and O–H groups in total. The minimum atomic E-state index is 0.485. The average molecular weight is 394 g/mol. The van der Waals surface area contributed by atoms with Crippen LogP contribution in [0.4, 0.5) is 0 Å². The van der Waals surface area contributed by atoms with Gasteiger partial charge in [0.1, 0.15) is 12.4 Å². The maximum Gasteiger partial charge on any atom is 0.191 e. The number of aryl methyl sites for hydroxylation is 1. The lowest BCUT2D eigenvalue weighted by atomic mass is 10.0. The van der Waals surface area contributed by atoms with Crippen LogP contribution in [-0.4, -0.2) is 71.1 Å². The third-order valence-electron chi connectivity index (χ3n) is 5.19. The Bertz CT molecular complexity index is 593. The zero-order valence-electron chi connectivity index (χ0n) is 18.4. The summed E-state index contributed by atoms with van der Waals surface area (Å²) in [4.78, 5) is 7.31. The van der Waals surface area contributed by atoms with E-state index in [2.05, 4.69) is 46.5 Å². The molecule has 8 heteroatoms. The van der Waals surface area contributed by atoms with Crippen molar-refractivity contribution in [2.45, 2.75) is 59.5 Å². The number of rotatable bonds is 10. The van der Waals surface area contributed by atoms with Gasteiger partial charge in [-0.2, -0.15) is 0 Å². The number of nitrogens with zero attached hydrogens (tertiary/aromatic N) is 5. The molecule has 1 saturated heterocycles. The van der Waals surface area contributed by atoms with E-state index < -0.39 is 0 Å². The predicted molar refractivity (Wildman–Crippen MR) is 113 cm³/mol. The quantitative estimate of drug-likeness (QED) is 0.358. The van der Waals surface area contributed by atoms with Gasteiger partial charge < -0.3 is 19.9 Å². The molecular weight excluding hydrogens is 354 g/mol. The lowest BCUT2D eigenvalue weighted by Gasteiger charge is -2.35. The lowest BCUT2D eigenvalue weighted by molar-refractivity contribution is 0.0132. The first kappa shape index (κ1) is 22.6. The van der Waals surface area contributed by atoms with E-state index in [4.69, 9.17) is 9.73 Å². The summed E-state index contributed by atoms with van der Waals surface area (Å²) in [5.74, 6) is 3.30. The first-order valence-electron chi connectivity index (χ1n) is 10.7. The highest BCUT2D eigenvalue weighted by Crippen LogP contribution is 2.13. The fourth-order valence-electron chi connectivity index (χ4n) is 3.36. The van der Waals surface area contributed by atoms with E-state index in [1.54, 1.807) is 0 Å². The summed E-state index contributed by atoms with van der Waals surface area (Å²) >= 11 is 0. The first-order valence-corrected chi connectivity index (χ1v) is 10.7. The average Bonchev–Trinajstić information content (AvgIpc) is 3.01. The molecule has 1 aromatic heterocycles. The Hall–Kier alpha value is -1.67. The Morgan fingerprint density at radius 2 is 1.96 bits per heavy atom. The number of aromatic nitrogens is 3. The molecule has 0 bridgehead atoms. The maximum absolute atomic E-state index is 5.53. The van der Waals surface area contributed by atoms with Crippen LogP contribution >= 0.6 is 0 Å². The van der Waals surface area contributed by atoms with Gasteiger partial charge >= 0.3 is 0 Å². The number of aliphatic imine (C=N–C) groups is 1. The standard InChI is InChI=1S/C20H39N7O/c1-6-7-8-21-20(23-15-19-25-24-17(4)26(19)5)22-14-18(13-16(2)3)27-9-11-28-12-10-27/h16,18H,6-15H2,1-5H3,(H2,21,22,23). The van der Waals surface area contributed by atoms with Crippen molar-refractivity contribution < 1.29 is 4.74 Å². The first-order chi connectivity index (χ1) is 13.5. The number of hydrogen-bond donors (Lipinski definition) is 2. The van der Waals surface area contributed by atoms with Crippen LogP contribution in [0, 0.1) is 12.8 Å². The molecule has 0 radical (unpaired) electrons. The van der Waals surface area contributed by atoms with E-state index in [0.717, 1.165) is 76.3 Å². The number of ether oxygens (including phenoxy) is 1. The number of nitrogens with one attached hydrogen (secondary N) is 2. The Morgan fingerprint density at radius 1 is 1.21 bits per heavy atom. The second-order valence-electron chi connectivity index (χ2n) is 7.98. The van der Waals surface area contributed by atoms with Crippen LogP contribution in [0.5, 0.6) is 0 Å². The summed E-state index contributed by atoms with van der Waals surface area (Å²) in [5, 5.41) is 15.4. The fraction of sp³-hybridized carbons (Fsp3) is 0.850. The Labute approximate surface area is 170 Å². The third kappa shape index (κ3) is 7.39. The van der Waals surface area contributed by atoms with Crippen molar-refractivity contribution in [1.82, 2.24) is 30.3 Å². The van der Waals surface area contributed by atoms with E-state index in [1.165, 1.54) is 0 Å². The molecule has 1 fully saturated rings. The van der Waals surface area contributed by atoms with Gasteiger partial charge in [-0.15, -0.1) is 10.2 Å². The SMILES string of the molecule is CCCCNC(=NCc1nnc(C)n1C)NCC(CC(C)C)N1CCOCC1. The van der Waals surface area contributed by atoms with Crippen LogP contribution in [0.1, 0.15) is 51.7 Å². The predicted octanol–water partition coefficient (Wildman–Crippen LogP) is 1.71. The molecule has 0 aliphatic carbocycles. The summed E-state index contributed by atoms with van der Waals surface area (Å²) in [5.41, 5.74) is 0. The number of morpholine rings is 1. The van der Waals surface area contributed by atoms with Crippen molar-refractivity contribution in [3.63, 3.8) is 0 Å². The second kappa shape index (κ2) is 12.0. The van der Waals surface area contributed by atoms with Crippen LogP contribution in [0.15, 0.2) is 4.99 Å². The summed E-state index contributed by atoms with van der Waals surface area (Å²) in [6.07, 6.45) is 3.45. The minimum absolute atomic E-state index is 0.485. The van der Waals surface area contributed by atoms with Crippen molar-refractivity contribution in [3.8, 4) is 0 Å². The topological polar surface area (TPSA) is 79.6 Å². The van der Waals surface area contributed by atoms with E-state index in [1.807, 2.05) is 18.5 Å². The Kier molecular flexibility index (Phi) is 9.70. The van der Waals surface area contributed by atoms with Crippen LogP contribution < -0.4 is 10.6 Å². The van der Waals surface area contributed by atoms with Gasteiger partial charge in [0.05, 0.1) is 13.2 Å². The Morgan fingerprint density at radius 3 is 2.57 bits per heavy atom. The molecule has 1 atom stereocenters. The Balaban J connectivity index is 1.99. The molecule has 28 heavy (non-hydrogen) atoms. The summed E-state index contributed by atoms with van der Waals surface area (Å²) in [6, 6.07) is 0.485. The molecule has 0 saturated carbocycles. The monoisotopic (exact) mass is 393 g/mol. The molecule has 0 amide bonds. The van der Waals surface area contributed by atoms with Gasteiger partial charge in [0, 0.05) is 39.3 Å². The molecule has 8 nitrogen and oxygen atoms in total. The van der Waals surface area contributed by atoms with Crippen LogP contribution in [0.2, 0.25) is 0 Å². The van der Waals surface area contributed by atoms with E-state index in [-0.39, 0.29) is 0 Å². The zero-order chi connectivity index (χ0) is 20.4. The zero-order valence-corrected chi connectivity index (χ0v) is 18.4. The molecule has 160 valence electrons. The van der Waals surface area contributed by atoms with Crippen molar-refractivity contribution >= 4 is 5.96 Å². The van der Waals surface area contributed by atoms with Gasteiger partial charge in [0.2, 0.25) is 0 Å². The molecule has 1 unspecified atom stereocenters. The summed E-state index contributed by atoms with van der Waals surface area (Å²) < 4.78 is 7.52. The third-order valence-corrected chi connectivity index (χ3v) is 5.19. The van der Waals surface area contributed by atoms with Crippen LogP contribution in [0.3, 0.4) is 0 Å². The number of hydrogen-bond acceptors (Lipinski definition) is 5. The molecule has 1 aromatic rings. The summed E-state index contributed by atoms with van der Waals surface area (Å²) in [6.45, 7) is 14.7. The van der Waals surface area contributed by atoms with Gasteiger partial charge in [-0.1, -0.05) is 27.2 Å². The molecular formula is C20H39N7O. The molecule has 0 spiro atoms. The lowest BCUT2D eigenvalue weighted by Crippen LogP contribution is -2.51. The molecule has 0 aromatic carbocycles. The van der Waals surface area contributed by atoms with Crippen LogP contribution in [-0.2, 0) is 18.3 Å². The molecule has 1 aliphatic heterocycles. The highest BCUT2D eigenvalue weighted by atomic mass is 16.5. The van der Waals surface area contributed by atoms with Crippen LogP contribution in [0.25, 0.3) is 0 Å². The van der Waals surface area contributed by atoms with Gasteiger partial charge in [-0.3, -0.25) is 4.90 Å². The molecule has 1 aliphatic rings. The number of unbranched alkanes of at least 4 members (excludes halogenated alkanes) is 1. The van der Waals surface area contributed by atoms with Gasteiger partial charge in [0.25, 0.3) is 0 Å². The fourth-order valence-corrected chi connectivity index (χ4v) is 3.36.